The Bertz CT molecular complexity index is 1660. The summed E-state index contributed by atoms with van der Waals surface area (Å²) in [5.41, 5.74) is -9.47. The molecule has 0 aromatic carbocycles. The van der Waals surface area contributed by atoms with E-state index in [4.69, 9.17) is 42.6 Å². The Morgan fingerprint density at radius 1 is 0.961 bits per heavy atom. The predicted molar refractivity (Wildman–Crippen MR) is 164 cm³/mol. The second kappa shape index (κ2) is 10.5. The highest BCUT2D eigenvalue weighted by atomic mass is 16.7. The van der Waals surface area contributed by atoms with Gasteiger partial charge in [0.2, 0.25) is 6.29 Å². The van der Waals surface area contributed by atoms with Crippen LogP contribution < -0.4 is 0 Å². The van der Waals surface area contributed by atoms with E-state index in [9.17, 15) is 34.5 Å². The molecule has 0 unspecified atom stereocenters. The zero-order valence-electron chi connectivity index (χ0n) is 29.4. The molecule has 8 aliphatic rings. The normalized spacial score (nSPS) is 53.9. The summed E-state index contributed by atoms with van der Waals surface area (Å²) in [5.74, 6) is -9.76. The van der Waals surface area contributed by atoms with Gasteiger partial charge in [-0.25, -0.2) is 9.59 Å². The molecule has 0 aromatic rings. The van der Waals surface area contributed by atoms with E-state index >= 15 is 0 Å². The highest BCUT2D eigenvalue weighted by Gasteiger charge is 2.97. The van der Waals surface area contributed by atoms with Gasteiger partial charge in [0.15, 0.2) is 5.60 Å². The number of hydrogen-bond donors (Lipinski definition) is 3. The van der Waals surface area contributed by atoms with E-state index in [1.165, 1.54) is 19.3 Å². The maximum Gasteiger partial charge on any atom is 0.366 e. The Kier molecular flexibility index (Phi) is 7.20. The van der Waals surface area contributed by atoms with Crippen LogP contribution in [0.15, 0.2) is 24.0 Å². The number of allylic oxidation sites excluding steroid dienone is 1. The molecule has 16 heteroatoms. The van der Waals surface area contributed by atoms with Gasteiger partial charge in [-0.1, -0.05) is 13.0 Å². The Morgan fingerprint density at radius 2 is 1.67 bits per heavy atom. The van der Waals surface area contributed by atoms with Crippen molar-refractivity contribution < 1.29 is 77.1 Å². The van der Waals surface area contributed by atoms with E-state index in [0.717, 1.165) is 14.2 Å². The number of rotatable bonds is 6. The molecule has 5 aliphatic heterocycles. The van der Waals surface area contributed by atoms with E-state index in [2.05, 4.69) is 0 Å². The molecule has 280 valence electrons. The molecule has 3 saturated carbocycles. The quantitative estimate of drug-likeness (QED) is 0.140. The number of hydrogen-bond acceptors (Lipinski definition) is 16. The van der Waals surface area contributed by atoms with Crippen molar-refractivity contribution in [1.29, 1.82) is 0 Å². The van der Waals surface area contributed by atoms with Gasteiger partial charge in [-0.15, -0.1) is 0 Å². The molecule has 8 rings (SSSR count). The van der Waals surface area contributed by atoms with Gasteiger partial charge in [0.05, 0.1) is 52.0 Å². The number of carbonyl (C=O) groups is 4. The van der Waals surface area contributed by atoms with Crippen LogP contribution in [-0.2, 0) is 61.8 Å². The van der Waals surface area contributed by atoms with Crippen LogP contribution in [0.1, 0.15) is 47.5 Å². The summed E-state index contributed by atoms with van der Waals surface area (Å²) >= 11 is 0. The topological polar surface area (TPSA) is 215 Å². The second-order valence-corrected chi connectivity index (χ2v) is 15.8. The zero-order valence-corrected chi connectivity index (χ0v) is 29.4. The first kappa shape index (κ1) is 34.9. The van der Waals surface area contributed by atoms with Crippen molar-refractivity contribution in [1.82, 2.24) is 0 Å². The van der Waals surface area contributed by atoms with Crippen molar-refractivity contribution in [3.8, 4) is 0 Å². The fraction of sp³-hybridized carbons (Fsp3) is 0.771. The predicted octanol–water partition coefficient (Wildman–Crippen LogP) is -0.203. The maximum absolute atomic E-state index is 14.2. The van der Waals surface area contributed by atoms with Gasteiger partial charge < -0.3 is 58.0 Å². The van der Waals surface area contributed by atoms with Crippen LogP contribution in [0.3, 0.4) is 0 Å². The minimum Gasteiger partial charge on any atom is -0.469 e. The summed E-state index contributed by atoms with van der Waals surface area (Å²) in [4.78, 5) is 54.4. The van der Waals surface area contributed by atoms with E-state index in [1.54, 1.807) is 33.8 Å². The molecule has 2 bridgehead atoms. The summed E-state index contributed by atoms with van der Waals surface area (Å²) in [7, 11) is 2.23. The molecule has 0 amide bonds. The minimum absolute atomic E-state index is 0.235. The summed E-state index contributed by atoms with van der Waals surface area (Å²) in [6.07, 6.45) is -3.11. The van der Waals surface area contributed by atoms with E-state index < -0.39 is 130 Å². The number of aliphatic hydroxyl groups is 3. The van der Waals surface area contributed by atoms with Crippen LogP contribution in [0.2, 0.25) is 0 Å². The largest absolute Gasteiger partial charge is 0.469 e. The van der Waals surface area contributed by atoms with Crippen molar-refractivity contribution in [3.63, 3.8) is 0 Å². The third kappa shape index (κ3) is 3.65. The summed E-state index contributed by atoms with van der Waals surface area (Å²) in [5, 5.41) is 37.4. The molecule has 51 heavy (non-hydrogen) atoms. The first-order chi connectivity index (χ1) is 23.9. The fourth-order valence-corrected chi connectivity index (χ4v) is 12.2. The Hall–Kier alpha value is -3.12. The van der Waals surface area contributed by atoms with Gasteiger partial charge in [0, 0.05) is 47.5 Å². The van der Waals surface area contributed by atoms with Gasteiger partial charge in [0.1, 0.15) is 28.8 Å². The molecule has 16 atom stereocenters. The number of carbonyl (C=O) groups excluding carboxylic acids is 4. The number of ether oxygens (including phenoxy) is 9. The number of aliphatic hydroxyl groups excluding tert-OH is 1. The van der Waals surface area contributed by atoms with Crippen LogP contribution in [0, 0.1) is 34.0 Å². The average molecular weight is 721 g/mol. The lowest BCUT2D eigenvalue weighted by molar-refractivity contribution is -0.314. The van der Waals surface area contributed by atoms with Crippen LogP contribution >= 0.6 is 0 Å². The SMILES string of the molecule is C/C=C(/C)C(=O)O[C@H]1C[C@H](OC(C)=O)[C@@]2(C(=O)OC)CO[C@@H]3[C@@H]2[C@]12CO[C@@](O)(C(=O)OC)[C@H]2[C@@](C)([C@]12O[C@]1(C)[C@H]1C[C@H]2O[C@@H]2OC=C[C@@]21O)[C@H]3O. The second-order valence-electron chi connectivity index (χ2n) is 15.8. The van der Waals surface area contributed by atoms with Crippen LogP contribution in [-0.4, -0.2) is 126 Å². The molecule has 3 N–H and O–H groups in total. The maximum atomic E-state index is 14.2. The van der Waals surface area contributed by atoms with Crippen molar-refractivity contribution in [2.45, 2.75) is 107 Å². The van der Waals surface area contributed by atoms with Crippen molar-refractivity contribution in [2.24, 2.45) is 34.0 Å². The monoisotopic (exact) mass is 720 g/mol. The summed E-state index contributed by atoms with van der Waals surface area (Å²) in [6.45, 7) is 6.88. The van der Waals surface area contributed by atoms with Gasteiger partial charge in [-0.05, 0) is 33.3 Å². The summed E-state index contributed by atoms with van der Waals surface area (Å²) in [6, 6.07) is 0. The molecule has 4 saturated heterocycles. The van der Waals surface area contributed by atoms with Gasteiger partial charge in [-0.2, -0.15) is 0 Å². The van der Waals surface area contributed by atoms with E-state index in [0.29, 0.717) is 0 Å². The molecule has 3 aliphatic carbocycles. The lowest BCUT2D eigenvalue weighted by Crippen LogP contribution is -2.79. The van der Waals surface area contributed by atoms with Crippen LogP contribution in [0.4, 0.5) is 0 Å². The Labute approximate surface area is 293 Å². The van der Waals surface area contributed by atoms with Crippen molar-refractivity contribution in [3.05, 3.63) is 24.0 Å². The third-order valence-corrected chi connectivity index (χ3v) is 14.1. The molecule has 0 radical (unpaired) electrons. The minimum atomic E-state index is -2.82. The highest BCUT2D eigenvalue weighted by molar-refractivity contribution is 5.88. The number of esters is 4. The molecule has 1 spiro atoms. The Balaban J connectivity index is 1.40. The number of fused-ring (bicyclic) bond motifs is 7. The highest BCUT2D eigenvalue weighted by Crippen LogP contribution is 2.83. The first-order valence-corrected chi connectivity index (χ1v) is 17.2. The van der Waals surface area contributed by atoms with Crippen molar-refractivity contribution in [2.75, 3.05) is 27.4 Å². The van der Waals surface area contributed by atoms with Gasteiger partial charge in [0.25, 0.3) is 5.79 Å². The van der Waals surface area contributed by atoms with E-state index in [-0.39, 0.29) is 18.4 Å². The Morgan fingerprint density at radius 3 is 2.31 bits per heavy atom. The standard InChI is InChI=1S/C35H44O16/c1-8-15(2)24(38)49-18-12-19(48-16(3)36)32(26(39)43-6)13-46-21-22(32)31(18)14-47-34(42,27(40)44-7)25(31)29(4,23(21)37)35-20-11-17(30(35,5)51-35)33(41)9-10-45-28(33)50-20/h8-10,17-23,25,28,37,41-42H,11-14H2,1-7H3/b15-8-/t17-,18+,19+,20-,21-,22-,23+,25+,28+,29+,30-,31+,32+,33+,34-,35+/m1/s1. The fourth-order valence-electron chi connectivity index (χ4n) is 12.2. The van der Waals surface area contributed by atoms with Crippen molar-refractivity contribution >= 4 is 23.9 Å². The lowest BCUT2D eigenvalue weighted by atomic mass is 9.37. The smallest absolute Gasteiger partial charge is 0.366 e. The number of methoxy groups -OCH3 is 2. The zero-order chi connectivity index (χ0) is 36.9. The average Bonchev–Trinajstić information content (AvgIpc) is 3.47. The molecule has 0 aromatic heterocycles. The molecule has 16 nitrogen and oxygen atoms in total. The van der Waals surface area contributed by atoms with Gasteiger partial charge >= 0.3 is 23.9 Å². The lowest BCUT2D eigenvalue weighted by Gasteiger charge is -2.65. The number of epoxide rings is 1. The molecule has 7 fully saturated rings. The van der Waals surface area contributed by atoms with Crippen LogP contribution in [0.5, 0.6) is 0 Å². The first-order valence-electron chi connectivity index (χ1n) is 17.2. The molecular formula is C35H44O16. The van der Waals surface area contributed by atoms with Crippen LogP contribution in [0.25, 0.3) is 0 Å². The molecule has 5 heterocycles. The third-order valence-electron chi connectivity index (χ3n) is 14.1. The molecular weight excluding hydrogens is 676 g/mol. The summed E-state index contributed by atoms with van der Waals surface area (Å²) < 4.78 is 54.0. The van der Waals surface area contributed by atoms with E-state index in [1.807, 2.05) is 0 Å². The van der Waals surface area contributed by atoms with Gasteiger partial charge in [-0.3, -0.25) is 9.59 Å².